The van der Waals surface area contributed by atoms with E-state index in [9.17, 15) is 13.2 Å². The minimum Gasteiger partial charge on any atom is -0.399 e. The van der Waals surface area contributed by atoms with E-state index in [0.717, 1.165) is 41.0 Å². The number of aryl methyl sites for hydroxylation is 2. The van der Waals surface area contributed by atoms with Crippen molar-refractivity contribution in [2.24, 2.45) is 0 Å². The number of carbonyl (C=O) groups is 1. The Morgan fingerprint density at radius 3 is 2.43 bits per heavy atom. The molecule has 0 aliphatic carbocycles. The third-order valence-corrected chi connectivity index (χ3v) is 8.72. The van der Waals surface area contributed by atoms with E-state index in [1.807, 2.05) is 26.1 Å². The van der Waals surface area contributed by atoms with Gasteiger partial charge in [-0.1, -0.05) is 18.2 Å². The summed E-state index contributed by atoms with van der Waals surface area (Å²) >= 11 is 0. The number of benzene rings is 2. The van der Waals surface area contributed by atoms with Crippen LogP contribution in [0.3, 0.4) is 0 Å². The normalized spacial score (nSPS) is 14.7. The van der Waals surface area contributed by atoms with E-state index in [2.05, 4.69) is 15.0 Å². The number of hydrogen-bond donors (Lipinski definition) is 2. The molecule has 0 bridgehead atoms. The van der Waals surface area contributed by atoms with Crippen LogP contribution in [-0.2, 0) is 14.8 Å². The van der Waals surface area contributed by atoms with E-state index in [1.54, 1.807) is 41.3 Å². The quantitative estimate of drug-likeness (QED) is 0.375. The molecule has 1 fully saturated rings. The van der Waals surface area contributed by atoms with Gasteiger partial charge in [0.25, 0.3) is 10.0 Å². The fraction of sp³-hybridized carbons (Fsp3) is 0.296. The minimum atomic E-state index is -3.97. The second kappa shape index (κ2) is 9.85. The summed E-state index contributed by atoms with van der Waals surface area (Å²) in [5.74, 6) is 0.859. The van der Waals surface area contributed by atoms with Gasteiger partial charge in [-0.3, -0.25) is 14.1 Å². The van der Waals surface area contributed by atoms with E-state index < -0.39 is 10.0 Å². The lowest BCUT2D eigenvalue weighted by Gasteiger charge is -2.34. The van der Waals surface area contributed by atoms with Crippen molar-refractivity contribution in [1.29, 1.82) is 0 Å². The van der Waals surface area contributed by atoms with Gasteiger partial charge >= 0.3 is 0 Å². The second-order valence-corrected chi connectivity index (χ2v) is 11.3. The fourth-order valence-corrected chi connectivity index (χ4v) is 6.32. The molecule has 1 aliphatic rings. The Balaban J connectivity index is 1.34. The van der Waals surface area contributed by atoms with Crippen molar-refractivity contribution >= 4 is 38.3 Å². The summed E-state index contributed by atoms with van der Waals surface area (Å²) in [7, 11) is -3.97. The van der Waals surface area contributed by atoms with Crippen molar-refractivity contribution in [1.82, 2.24) is 19.9 Å². The van der Waals surface area contributed by atoms with Crippen LogP contribution < -0.4 is 10.0 Å². The monoisotopic (exact) mass is 518 g/mol. The first-order valence-corrected chi connectivity index (χ1v) is 13.7. The van der Waals surface area contributed by atoms with Crippen molar-refractivity contribution in [2.45, 2.75) is 37.5 Å². The number of H-pyrrole nitrogens is 1. The number of likely N-dealkylation sites (tertiary alicyclic amines) is 1. The number of carbonyl (C=O) groups excluding carboxylic acids is 1. The molecule has 3 heterocycles. The summed E-state index contributed by atoms with van der Waals surface area (Å²) in [6.07, 6.45) is 3.44. The van der Waals surface area contributed by atoms with E-state index in [0.29, 0.717) is 24.5 Å². The van der Waals surface area contributed by atoms with Crippen LogP contribution in [0, 0.1) is 13.8 Å². The van der Waals surface area contributed by atoms with Crippen molar-refractivity contribution < 1.29 is 13.2 Å². The molecule has 37 heavy (non-hydrogen) atoms. The highest BCUT2D eigenvalue weighted by molar-refractivity contribution is 7.92. The Morgan fingerprint density at radius 1 is 1.08 bits per heavy atom. The van der Waals surface area contributed by atoms with Crippen LogP contribution in [0.5, 0.6) is 0 Å². The molecule has 192 valence electrons. The zero-order valence-corrected chi connectivity index (χ0v) is 21.7. The zero-order chi connectivity index (χ0) is 26.2. The molecule has 9 nitrogen and oxygen atoms in total. The molecule has 5 rings (SSSR count). The number of pyridine rings is 1. The predicted octanol–water partition coefficient (Wildman–Crippen LogP) is 3.76. The number of piperidine rings is 1. The highest BCUT2D eigenvalue weighted by Gasteiger charge is 2.31. The molecule has 4 aromatic rings. The maximum atomic E-state index is 13.6. The van der Waals surface area contributed by atoms with Gasteiger partial charge in [-0.15, -0.1) is 0 Å². The third-order valence-electron chi connectivity index (χ3n) is 6.93. The fourth-order valence-electron chi connectivity index (χ4n) is 4.90. The molecule has 1 saturated heterocycles. The Kier molecular flexibility index (Phi) is 6.59. The molecule has 10 heteroatoms. The number of para-hydroxylation sites is 1. The molecular formula is C27H30N6O3S. The van der Waals surface area contributed by atoms with Crippen LogP contribution in [0.2, 0.25) is 0 Å². The molecule has 1 amide bonds. The Morgan fingerprint density at radius 2 is 1.76 bits per heavy atom. The molecule has 1 aliphatic heterocycles. The largest absolute Gasteiger partial charge is 0.399 e. The molecule has 2 aromatic carbocycles. The lowest BCUT2D eigenvalue weighted by atomic mass is 9.89. The summed E-state index contributed by atoms with van der Waals surface area (Å²) in [5.41, 5.74) is 10.6. The number of amides is 1. The SMILES string of the molecule is Cc1nc2c(C)ncc(C3CCN(C(=O)CN(c4ccccc4)S(=O)(=O)c4ccc(N)cc4)CC3)c2[nH]1. The topological polar surface area (TPSA) is 125 Å². The van der Waals surface area contributed by atoms with Crippen LogP contribution in [0.4, 0.5) is 11.4 Å². The maximum Gasteiger partial charge on any atom is 0.264 e. The van der Waals surface area contributed by atoms with Gasteiger partial charge in [0.05, 0.1) is 21.8 Å². The van der Waals surface area contributed by atoms with Crippen LogP contribution in [0.1, 0.15) is 35.8 Å². The zero-order valence-electron chi connectivity index (χ0n) is 20.9. The van der Waals surface area contributed by atoms with Crippen molar-refractivity contribution in [3.05, 3.63) is 77.9 Å². The first-order chi connectivity index (χ1) is 17.7. The number of nitrogen functional groups attached to an aromatic ring is 1. The van der Waals surface area contributed by atoms with Crippen molar-refractivity contribution in [3.8, 4) is 0 Å². The summed E-state index contributed by atoms with van der Waals surface area (Å²) in [5, 5.41) is 0. The number of aromatic amines is 1. The number of aromatic nitrogens is 3. The Bertz CT molecular complexity index is 1530. The molecule has 2 aromatic heterocycles. The van der Waals surface area contributed by atoms with E-state index in [1.165, 1.54) is 16.4 Å². The smallest absolute Gasteiger partial charge is 0.264 e. The summed E-state index contributed by atoms with van der Waals surface area (Å²) in [6, 6.07) is 14.7. The lowest BCUT2D eigenvalue weighted by Crippen LogP contribution is -2.45. The summed E-state index contributed by atoms with van der Waals surface area (Å²) in [4.78, 5) is 27.7. The number of rotatable bonds is 6. The average molecular weight is 519 g/mol. The number of hydrogen-bond acceptors (Lipinski definition) is 6. The van der Waals surface area contributed by atoms with E-state index in [4.69, 9.17) is 5.73 Å². The number of imidazole rings is 1. The van der Waals surface area contributed by atoms with Crippen LogP contribution in [0.15, 0.2) is 65.7 Å². The molecule has 0 saturated carbocycles. The van der Waals surface area contributed by atoms with E-state index >= 15 is 0 Å². The standard InChI is InChI=1S/C27H30N6O3S/c1-18-26-27(31-19(2)30-26)24(16-29-18)20-12-14-32(15-13-20)25(34)17-33(22-6-4-3-5-7-22)37(35,36)23-10-8-21(28)9-11-23/h3-11,16,20H,12-15,17,28H2,1-2H3,(H,30,31). The maximum absolute atomic E-state index is 13.6. The van der Waals surface area contributed by atoms with Crippen molar-refractivity contribution in [2.75, 3.05) is 29.7 Å². The number of fused-ring (bicyclic) bond motifs is 1. The van der Waals surface area contributed by atoms with Gasteiger partial charge in [0.1, 0.15) is 17.9 Å². The van der Waals surface area contributed by atoms with Crippen LogP contribution in [0.25, 0.3) is 11.0 Å². The number of sulfonamides is 1. The highest BCUT2D eigenvalue weighted by Crippen LogP contribution is 2.33. The van der Waals surface area contributed by atoms with Gasteiger partial charge < -0.3 is 15.6 Å². The number of nitrogens with one attached hydrogen (secondary N) is 1. The number of anilines is 2. The first kappa shape index (κ1) is 24.8. The second-order valence-electron chi connectivity index (χ2n) is 9.42. The first-order valence-electron chi connectivity index (χ1n) is 12.3. The van der Waals surface area contributed by atoms with Gasteiger partial charge in [-0.25, -0.2) is 13.4 Å². The van der Waals surface area contributed by atoms with Crippen LogP contribution in [-0.4, -0.2) is 53.8 Å². The molecule has 0 spiro atoms. The van der Waals surface area contributed by atoms with Crippen LogP contribution >= 0.6 is 0 Å². The number of nitrogens with two attached hydrogens (primary N) is 1. The van der Waals surface area contributed by atoms with Gasteiger partial charge in [0, 0.05) is 25.0 Å². The molecular weight excluding hydrogens is 488 g/mol. The van der Waals surface area contributed by atoms with E-state index in [-0.39, 0.29) is 23.3 Å². The Labute approximate surface area is 216 Å². The third kappa shape index (κ3) is 4.89. The Hall–Kier alpha value is -3.92. The summed E-state index contributed by atoms with van der Waals surface area (Å²) < 4.78 is 28.3. The molecule has 0 radical (unpaired) electrons. The van der Waals surface area contributed by atoms with Gasteiger partial charge in [0.2, 0.25) is 5.91 Å². The van der Waals surface area contributed by atoms with Gasteiger partial charge in [-0.05, 0) is 74.6 Å². The summed E-state index contributed by atoms with van der Waals surface area (Å²) in [6.45, 7) is 4.68. The molecule has 0 unspecified atom stereocenters. The van der Waals surface area contributed by atoms with Gasteiger partial charge in [-0.2, -0.15) is 0 Å². The highest BCUT2D eigenvalue weighted by atomic mass is 32.2. The lowest BCUT2D eigenvalue weighted by molar-refractivity contribution is -0.130. The number of nitrogens with zero attached hydrogens (tertiary/aromatic N) is 4. The van der Waals surface area contributed by atoms with Gasteiger partial charge in [0.15, 0.2) is 0 Å². The molecule has 0 atom stereocenters. The predicted molar refractivity (Wildman–Crippen MR) is 144 cm³/mol. The average Bonchev–Trinajstić information content (AvgIpc) is 3.30. The van der Waals surface area contributed by atoms with Crippen molar-refractivity contribution in [3.63, 3.8) is 0 Å². The molecule has 3 N–H and O–H groups in total. The minimum absolute atomic E-state index is 0.0859.